The summed E-state index contributed by atoms with van der Waals surface area (Å²) in [6.45, 7) is 3.82. The maximum atomic E-state index is 5.55. The molecule has 0 heterocycles. The summed E-state index contributed by atoms with van der Waals surface area (Å²) in [5.74, 6) is 1.43. The number of rotatable bonds is 4. The Labute approximate surface area is 107 Å². The van der Waals surface area contributed by atoms with Crippen LogP contribution in [0, 0.1) is 0 Å². The smallest absolute Gasteiger partial charge is 0.169 e. The molecule has 2 rings (SSSR count). The largest absolute Gasteiger partial charge is 0.461 e. The summed E-state index contributed by atoms with van der Waals surface area (Å²) in [5.41, 5.74) is 0. The van der Waals surface area contributed by atoms with E-state index in [0.29, 0.717) is 11.5 Å². The van der Waals surface area contributed by atoms with Crippen molar-refractivity contribution in [2.24, 2.45) is 0 Å². The molecule has 0 aliphatic heterocycles. The summed E-state index contributed by atoms with van der Waals surface area (Å²) in [7, 11) is 0. The second-order valence-corrected chi connectivity index (χ2v) is 3.82. The van der Waals surface area contributed by atoms with Gasteiger partial charge in [-0.15, -0.1) is 0 Å². The molecule has 0 aliphatic carbocycles. The van der Waals surface area contributed by atoms with Crippen LogP contribution in [0.15, 0.2) is 61.1 Å². The maximum absolute atomic E-state index is 5.55. The first kappa shape index (κ1) is 12.2. The number of hydrogen-bond donors (Lipinski definition) is 0. The first-order valence-corrected chi connectivity index (χ1v) is 5.93. The van der Waals surface area contributed by atoms with Crippen LogP contribution in [0.2, 0.25) is 0 Å². The first-order valence-electron chi connectivity index (χ1n) is 5.93. The van der Waals surface area contributed by atoms with Crippen molar-refractivity contribution >= 4 is 10.8 Å². The molecule has 0 N–H and O–H groups in total. The van der Waals surface area contributed by atoms with Gasteiger partial charge in [-0.2, -0.15) is 0 Å². The Balaban J connectivity index is 2.48. The third-order valence-corrected chi connectivity index (χ3v) is 2.47. The summed E-state index contributed by atoms with van der Waals surface area (Å²) in [6.07, 6.45) is 6.97. The van der Waals surface area contributed by atoms with Gasteiger partial charge in [0.25, 0.3) is 0 Å². The number of ether oxygens (including phenoxy) is 2. The molecule has 0 aliphatic rings. The third kappa shape index (κ3) is 2.72. The molecule has 2 aromatic rings. The van der Waals surface area contributed by atoms with Crippen LogP contribution in [-0.4, -0.2) is 0 Å². The predicted molar refractivity (Wildman–Crippen MR) is 74.8 cm³/mol. The van der Waals surface area contributed by atoms with Crippen molar-refractivity contribution in [3.63, 3.8) is 0 Å². The number of hydrogen-bond acceptors (Lipinski definition) is 2. The molecule has 0 saturated heterocycles. The minimum absolute atomic E-state index is 0.713. The third-order valence-electron chi connectivity index (χ3n) is 2.47. The summed E-state index contributed by atoms with van der Waals surface area (Å²) < 4.78 is 11.1. The Kier molecular flexibility index (Phi) is 4.02. The van der Waals surface area contributed by atoms with Gasteiger partial charge in [0.1, 0.15) is 0 Å². The van der Waals surface area contributed by atoms with E-state index in [1.807, 2.05) is 50.3 Å². The molecule has 0 atom stereocenters. The number of allylic oxidation sites excluding steroid dienone is 2. The molecule has 0 aromatic heterocycles. The Morgan fingerprint density at radius 3 is 1.61 bits per heavy atom. The van der Waals surface area contributed by atoms with Crippen molar-refractivity contribution in [2.45, 2.75) is 13.8 Å². The van der Waals surface area contributed by atoms with Gasteiger partial charge in [-0.05, 0) is 36.8 Å². The second kappa shape index (κ2) is 5.92. The monoisotopic (exact) mass is 240 g/mol. The molecule has 0 amide bonds. The van der Waals surface area contributed by atoms with Crippen molar-refractivity contribution in [3.05, 3.63) is 61.1 Å². The summed E-state index contributed by atoms with van der Waals surface area (Å²) in [5, 5.41) is 2.26. The molecule has 0 fully saturated rings. The zero-order valence-corrected chi connectivity index (χ0v) is 10.6. The van der Waals surface area contributed by atoms with E-state index in [1.165, 1.54) is 0 Å². The second-order valence-electron chi connectivity index (χ2n) is 3.82. The van der Waals surface area contributed by atoms with Crippen LogP contribution in [0.5, 0.6) is 11.5 Å². The van der Waals surface area contributed by atoms with Crippen molar-refractivity contribution < 1.29 is 9.47 Å². The fraction of sp³-hybridized carbons (Fsp3) is 0.125. The lowest BCUT2D eigenvalue weighted by atomic mass is 10.1. The molecule has 0 bridgehead atoms. The quantitative estimate of drug-likeness (QED) is 0.723. The van der Waals surface area contributed by atoms with Crippen LogP contribution in [0.4, 0.5) is 0 Å². The Morgan fingerprint density at radius 1 is 0.778 bits per heavy atom. The van der Waals surface area contributed by atoms with E-state index in [0.717, 1.165) is 10.8 Å². The highest BCUT2D eigenvalue weighted by Gasteiger charge is 2.06. The van der Waals surface area contributed by atoms with E-state index >= 15 is 0 Å². The van der Waals surface area contributed by atoms with Crippen LogP contribution >= 0.6 is 0 Å². The molecular weight excluding hydrogens is 224 g/mol. The highest BCUT2D eigenvalue weighted by molar-refractivity contribution is 5.86. The van der Waals surface area contributed by atoms with Gasteiger partial charge in [0.05, 0.1) is 12.5 Å². The average Bonchev–Trinajstić information content (AvgIpc) is 2.42. The standard InChI is InChI=1S/C16H16O2/c1-3-9-17-15-11-13-7-5-6-8-14(13)12-16(15)18-10-4-2/h3-12H,1-2H3. The number of fused-ring (bicyclic) bond motifs is 1. The molecule has 0 spiro atoms. The highest BCUT2D eigenvalue weighted by atomic mass is 16.5. The van der Waals surface area contributed by atoms with E-state index in [9.17, 15) is 0 Å². The lowest BCUT2D eigenvalue weighted by molar-refractivity contribution is 0.417. The topological polar surface area (TPSA) is 18.5 Å². The SMILES string of the molecule is CC=COc1cc2ccccc2cc1OC=CC. The highest BCUT2D eigenvalue weighted by Crippen LogP contribution is 2.32. The zero-order valence-electron chi connectivity index (χ0n) is 10.6. The molecule has 2 aromatic carbocycles. The van der Waals surface area contributed by atoms with Crippen LogP contribution in [0.25, 0.3) is 10.8 Å². The molecule has 0 radical (unpaired) electrons. The van der Waals surface area contributed by atoms with E-state index in [2.05, 4.69) is 12.1 Å². The maximum Gasteiger partial charge on any atom is 0.169 e. The van der Waals surface area contributed by atoms with Crippen molar-refractivity contribution in [1.29, 1.82) is 0 Å². The minimum Gasteiger partial charge on any atom is -0.461 e. The van der Waals surface area contributed by atoms with Gasteiger partial charge in [0.15, 0.2) is 11.5 Å². The summed E-state index contributed by atoms with van der Waals surface area (Å²) in [6, 6.07) is 12.1. The van der Waals surface area contributed by atoms with Crippen molar-refractivity contribution in [1.82, 2.24) is 0 Å². The van der Waals surface area contributed by atoms with Crippen LogP contribution in [-0.2, 0) is 0 Å². The molecule has 18 heavy (non-hydrogen) atoms. The van der Waals surface area contributed by atoms with Crippen molar-refractivity contribution in [2.75, 3.05) is 0 Å². The Bertz CT molecular complexity index is 530. The van der Waals surface area contributed by atoms with Gasteiger partial charge < -0.3 is 9.47 Å². The number of benzene rings is 2. The summed E-state index contributed by atoms with van der Waals surface area (Å²) >= 11 is 0. The summed E-state index contributed by atoms with van der Waals surface area (Å²) in [4.78, 5) is 0. The first-order chi connectivity index (χ1) is 8.85. The van der Waals surface area contributed by atoms with E-state index in [4.69, 9.17) is 9.47 Å². The van der Waals surface area contributed by atoms with Crippen LogP contribution in [0.3, 0.4) is 0 Å². The van der Waals surface area contributed by atoms with E-state index in [-0.39, 0.29) is 0 Å². The average molecular weight is 240 g/mol. The predicted octanol–water partition coefficient (Wildman–Crippen LogP) is 4.66. The molecule has 0 saturated carbocycles. The fourth-order valence-corrected chi connectivity index (χ4v) is 1.67. The molecule has 2 heteroatoms. The van der Waals surface area contributed by atoms with Gasteiger partial charge in [0.2, 0.25) is 0 Å². The fourth-order valence-electron chi connectivity index (χ4n) is 1.67. The molecular formula is C16H16O2. The minimum atomic E-state index is 0.713. The lowest BCUT2D eigenvalue weighted by Gasteiger charge is -2.09. The van der Waals surface area contributed by atoms with E-state index in [1.54, 1.807) is 12.5 Å². The van der Waals surface area contributed by atoms with Crippen molar-refractivity contribution in [3.8, 4) is 11.5 Å². The lowest BCUT2D eigenvalue weighted by Crippen LogP contribution is -1.89. The van der Waals surface area contributed by atoms with Gasteiger partial charge in [0, 0.05) is 0 Å². The van der Waals surface area contributed by atoms with Crippen LogP contribution in [0.1, 0.15) is 13.8 Å². The van der Waals surface area contributed by atoms with E-state index < -0.39 is 0 Å². The van der Waals surface area contributed by atoms with Gasteiger partial charge in [-0.1, -0.05) is 36.4 Å². The zero-order chi connectivity index (χ0) is 12.8. The molecule has 2 nitrogen and oxygen atoms in total. The van der Waals surface area contributed by atoms with Gasteiger partial charge in [-0.25, -0.2) is 0 Å². The Hall–Kier alpha value is -2.22. The van der Waals surface area contributed by atoms with Gasteiger partial charge >= 0.3 is 0 Å². The van der Waals surface area contributed by atoms with Crippen LogP contribution < -0.4 is 9.47 Å². The normalized spacial score (nSPS) is 11.4. The van der Waals surface area contributed by atoms with Gasteiger partial charge in [-0.3, -0.25) is 0 Å². The molecule has 0 unspecified atom stereocenters. The Morgan fingerprint density at radius 2 is 1.22 bits per heavy atom. The molecule has 92 valence electrons.